The lowest BCUT2D eigenvalue weighted by Gasteiger charge is -2.09. The normalized spacial score (nSPS) is 10.7. The van der Waals surface area contributed by atoms with Gasteiger partial charge >= 0.3 is 0 Å². The Bertz CT molecular complexity index is 1010. The highest BCUT2D eigenvalue weighted by molar-refractivity contribution is 7.13. The van der Waals surface area contributed by atoms with Crippen LogP contribution in [-0.4, -0.2) is 14.5 Å². The molecule has 4 rings (SSSR count). The molecule has 0 saturated heterocycles. The summed E-state index contributed by atoms with van der Waals surface area (Å²) in [6, 6.07) is 18.0. The lowest BCUT2D eigenvalue weighted by Crippen LogP contribution is -2.03. The van der Waals surface area contributed by atoms with Crippen molar-refractivity contribution >= 4 is 22.4 Å². The fourth-order valence-corrected chi connectivity index (χ4v) is 3.31. The van der Waals surface area contributed by atoms with Gasteiger partial charge in [0.25, 0.3) is 0 Å². The number of hydrogen-bond donors (Lipinski definition) is 0. The quantitative estimate of drug-likeness (QED) is 0.572. The van der Waals surface area contributed by atoms with Crippen LogP contribution >= 0.6 is 11.3 Å². The van der Waals surface area contributed by atoms with E-state index in [0.717, 1.165) is 27.3 Å². The fourth-order valence-electron chi connectivity index (χ4n) is 2.69. The Hall–Kier alpha value is -2.97. The molecular formula is C18H12N4S. The molecule has 0 unspecified atom stereocenters. The Morgan fingerprint density at radius 2 is 1.91 bits per heavy atom. The number of fused-ring (bicyclic) bond motifs is 1. The fraction of sp³-hybridized carbons (Fsp3) is 0.0556. The number of benzene rings is 2. The maximum absolute atomic E-state index is 9.33. The van der Waals surface area contributed by atoms with Gasteiger partial charge in [-0.25, -0.2) is 4.98 Å². The molecule has 23 heavy (non-hydrogen) atoms. The smallest absolute Gasteiger partial charge is 0.153 e. The second kappa shape index (κ2) is 5.67. The van der Waals surface area contributed by atoms with Crippen LogP contribution in [0.1, 0.15) is 11.1 Å². The largest absolute Gasteiger partial charge is 0.319 e. The summed E-state index contributed by atoms with van der Waals surface area (Å²) in [6.45, 7) is 0.609. The van der Waals surface area contributed by atoms with Crippen LogP contribution in [0.4, 0.5) is 0 Å². The molecule has 0 amide bonds. The molecule has 0 N–H and O–H groups in total. The minimum absolute atomic E-state index is 0.609. The Labute approximate surface area is 137 Å². The molecule has 2 heterocycles. The molecule has 4 aromatic rings. The first kappa shape index (κ1) is 13.7. The lowest BCUT2D eigenvalue weighted by molar-refractivity contribution is 0.833. The summed E-state index contributed by atoms with van der Waals surface area (Å²) >= 11 is 1.57. The van der Waals surface area contributed by atoms with Crippen molar-refractivity contribution in [3.63, 3.8) is 0 Å². The Morgan fingerprint density at radius 3 is 2.74 bits per heavy atom. The number of nitrogens with zero attached hydrogens (tertiary/aromatic N) is 4. The van der Waals surface area contributed by atoms with E-state index in [0.29, 0.717) is 12.1 Å². The van der Waals surface area contributed by atoms with Crippen molar-refractivity contribution in [2.75, 3.05) is 0 Å². The van der Waals surface area contributed by atoms with E-state index in [1.165, 1.54) is 0 Å². The van der Waals surface area contributed by atoms with Crippen LogP contribution in [0.5, 0.6) is 0 Å². The van der Waals surface area contributed by atoms with Gasteiger partial charge in [0.2, 0.25) is 0 Å². The molecule has 2 aromatic heterocycles. The van der Waals surface area contributed by atoms with E-state index < -0.39 is 0 Å². The first-order valence-corrected chi connectivity index (χ1v) is 8.07. The standard InChI is InChI=1S/C18H12N4S/c19-9-13-5-1-2-6-14(13)11-22-16-8-4-3-7-15(16)21-18(22)17-10-20-12-23-17/h1-8,10,12H,11H2. The Kier molecular flexibility index (Phi) is 3.37. The number of aromatic nitrogens is 3. The SMILES string of the molecule is N#Cc1ccccc1Cn1c(-c2cncs2)nc2ccccc21. The molecule has 0 aliphatic carbocycles. The first-order valence-electron chi connectivity index (χ1n) is 7.19. The van der Waals surface area contributed by atoms with Crippen molar-refractivity contribution in [3.05, 3.63) is 71.4 Å². The van der Waals surface area contributed by atoms with Crippen LogP contribution in [0.25, 0.3) is 21.7 Å². The average Bonchev–Trinajstić information content (AvgIpc) is 3.23. The van der Waals surface area contributed by atoms with Crippen LogP contribution in [0, 0.1) is 11.3 Å². The van der Waals surface area contributed by atoms with E-state index in [9.17, 15) is 5.26 Å². The van der Waals surface area contributed by atoms with Gasteiger partial charge in [0.15, 0.2) is 5.82 Å². The first-order chi connectivity index (χ1) is 11.4. The molecule has 0 saturated carbocycles. The van der Waals surface area contributed by atoms with Crippen molar-refractivity contribution in [1.82, 2.24) is 14.5 Å². The second-order valence-corrected chi connectivity index (χ2v) is 6.03. The summed E-state index contributed by atoms with van der Waals surface area (Å²) in [5, 5.41) is 9.33. The van der Waals surface area contributed by atoms with Gasteiger partial charge in [0, 0.05) is 6.20 Å². The van der Waals surface area contributed by atoms with E-state index in [-0.39, 0.29) is 0 Å². The summed E-state index contributed by atoms with van der Waals surface area (Å²) in [5.41, 5.74) is 5.50. The zero-order valence-electron chi connectivity index (χ0n) is 12.2. The zero-order valence-corrected chi connectivity index (χ0v) is 13.0. The van der Waals surface area contributed by atoms with E-state index in [1.54, 1.807) is 11.3 Å². The summed E-state index contributed by atoms with van der Waals surface area (Å²) in [5.74, 6) is 0.890. The van der Waals surface area contributed by atoms with Crippen molar-refractivity contribution in [3.8, 4) is 16.8 Å². The highest BCUT2D eigenvalue weighted by atomic mass is 32.1. The molecule has 0 aliphatic rings. The summed E-state index contributed by atoms with van der Waals surface area (Å²) < 4.78 is 2.15. The van der Waals surface area contributed by atoms with Gasteiger partial charge < -0.3 is 4.57 Å². The molecule has 2 aromatic carbocycles. The zero-order chi connectivity index (χ0) is 15.6. The molecular weight excluding hydrogens is 304 g/mol. The van der Waals surface area contributed by atoms with Gasteiger partial charge in [-0.05, 0) is 23.8 Å². The Morgan fingerprint density at radius 1 is 1.09 bits per heavy atom. The number of hydrogen-bond acceptors (Lipinski definition) is 4. The minimum atomic E-state index is 0.609. The van der Waals surface area contributed by atoms with E-state index in [4.69, 9.17) is 4.98 Å². The number of nitriles is 1. The highest BCUT2D eigenvalue weighted by Crippen LogP contribution is 2.28. The summed E-state index contributed by atoms with van der Waals surface area (Å²) in [4.78, 5) is 9.94. The third-order valence-corrected chi connectivity index (χ3v) is 4.54. The maximum Gasteiger partial charge on any atom is 0.153 e. The van der Waals surface area contributed by atoms with Crippen LogP contribution in [0.2, 0.25) is 0 Å². The third kappa shape index (κ3) is 2.39. The van der Waals surface area contributed by atoms with Crippen LogP contribution in [0.3, 0.4) is 0 Å². The molecule has 5 heteroatoms. The van der Waals surface area contributed by atoms with Crippen molar-refractivity contribution in [2.45, 2.75) is 6.54 Å². The number of imidazole rings is 1. The molecule has 0 atom stereocenters. The van der Waals surface area contributed by atoms with Gasteiger partial charge in [0.05, 0.1) is 39.6 Å². The summed E-state index contributed by atoms with van der Waals surface area (Å²) in [7, 11) is 0. The molecule has 0 aliphatic heterocycles. The minimum Gasteiger partial charge on any atom is -0.319 e. The van der Waals surface area contributed by atoms with Gasteiger partial charge in [0.1, 0.15) is 0 Å². The predicted octanol–water partition coefficient (Wildman–Crippen LogP) is 4.08. The van der Waals surface area contributed by atoms with Gasteiger partial charge in [-0.3, -0.25) is 4.98 Å². The Balaban J connectivity index is 1.92. The number of para-hydroxylation sites is 2. The summed E-state index contributed by atoms with van der Waals surface area (Å²) in [6.07, 6.45) is 1.83. The molecule has 4 nitrogen and oxygen atoms in total. The van der Waals surface area contributed by atoms with E-state index in [1.807, 2.05) is 54.2 Å². The molecule has 0 bridgehead atoms. The van der Waals surface area contributed by atoms with Gasteiger partial charge in [-0.2, -0.15) is 5.26 Å². The van der Waals surface area contributed by atoms with E-state index in [2.05, 4.69) is 21.7 Å². The van der Waals surface area contributed by atoms with Crippen molar-refractivity contribution in [1.29, 1.82) is 5.26 Å². The highest BCUT2D eigenvalue weighted by Gasteiger charge is 2.15. The van der Waals surface area contributed by atoms with Gasteiger partial charge in [-0.1, -0.05) is 30.3 Å². The van der Waals surface area contributed by atoms with Crippen LogP contribution < -0.4 is 0 Å². The predicted molar refractivity (Wildman–Crippen MR) is 91.1 cm³/mol. The average molecular weight is 316 g/mol. The van der Waals surface area contributed by atoms with Gasteiger partial charge in [-0.15, -0.1) is 11.3 Å². The number of rotatable bonds is 3. The number of thiazole rings is 1. The maximum atomic E-state index is 9.33. The molecule has 0 spiro atoms. The van der Waals surface area contributed by atoms with Crippen LogP contribution in [-0.2, 0) is 6.54 Å². The monoisotopic (exact) mass is 316 g/mol. The lowest BCUT2D eigenvalue weighted by atomic mass is 10.1. The third-order valence-electron chi connectivity index (χ3n) is 3.77. The molecule has 0 radical (unpaired) electrons. The van der Waals surface area contributed by atoms with Crippen LogP contribution in [0.15, 0.2) is 60.2 Å². The molecule has 110 valence electrons. The molecule has 0 fully saturated rings. The topological polar surface area (TPSA) is 54.5 Å². The van der Waals surface area contributed by atoms with Crippen molar-refractivity contribution < 1.29 is 0 Å². The second-order valence-electron chi connectivity index (χ2n) is 5.14. The van der Waals surface area contributed by atoms with E-state index >= 15 is 0 Å². The van der Waals surface area contributed by atoms with Crippen molar-refractivity contribution in [2.24, 2.45) is 0 Å².